The molecule has 0 amide bonds. The maximum atomic E-state index is 10.8. The summed E-state index contributed by atoms with van der Waals surface area (Å²) in [6.07, 6.45) is 2.94. The van der Waals surface area contributed by atoms with Crippen LogP contribution in [0.1, 0.15) is 19.3 Å². The highest BCUT2D eigenvalue weighted by atomic mass is 32.2. The van der Waals surface area contributed by atoms with E-state index in [2.05, 4.69) is 10.1 Å². The van der Waals surface area contributed by atoms with Crippen molar-refractivity contribution in [1.82, 2.24) is 5.32 Å². The summed E-state index contributed by atoms with van der Waals surface area (Å²) in [5.74, 6) is 2.36. The number of nitrogens with one attached hydrogen (secondary N) is 1. The number of rotatable bonds is 4. The monoisotopic (exact) mass is 203 g/mol. The Morgan fingerprint density at radius 1 is 1.54 bits per heavy atom. The van der Waals surface area contributed by atoms with Gasteiger partial charge in [-0.3, -0.25) is 4.79 Å². The summed E-state index contributed by atoms with van der Waals surface area (Å²) >= 11 is 2.01. The van der Waals surface area contributed by atoms with Gasteiger partial charge in [-0.25, -0.2) is 0 Å². The van der Waals surface area contributed by atoms with Crippen molar-refractivity contribution in [2.24, 2.45) is 0 Å². The van der Waals surface area contributed by atoms with Gasteiger partial charge in [0.15, 0.2) is 0 Å². The highest BCUT2D eigenvalue weighted by Crippen LogP contribution is 2.16. The zero-order valence-corrected chi connectivity index (χ0v) is 8.86. The van der Waals surface area contributed by atoms with E-state index < -0.39 is 0 Å². The summed E-state index contributed by atoms with van der Waals surface area (Å²) in [6, 6.07) is 0.617. The second-order valence-corrected chi connectivity index (χ2v) is 4.39. The van der Waals surface area contributed by atoms with Gasteiger partial charge in [0.05, 0.1) is 13.5 Å². The van der Waals surface area contributed by atoms with Gasteiger partial charge in [-0.1, -0.05) is 0 Å². The number of hydrogen-bond donors (Lipinski definition) is 1. The van der Waals surface area contributed by atoms with E-state index in [9.17, 15) is 4.79 Å². The molecule has 1 aliphatic rings. The lowest BCUT2D eigenvalue weighted by atomic mass is 10.1. The van der Waals surface area contributed by atoms with Gasteiger partial charge in [0, 0.05) is 12.6 Å². The Morgan fingerprint density at radius 3 is 2.85 bits per heavy atom. The quantitative estimate of drug-likeness (QED) is 0.693. The van der Waals surface area contributed by atoms with Crippen molar-refractivity contribution in [3.63, 3.8) is 0 Å². The normalized spacial score (nSPS) is 18.5. The van der Waals surface area contributed by atoms with Crippen LogP contribution < -0.4 is 5.32 Å². The SMILES string of the molecule is COC(=O)CCNC1CCSCC1. The Labute approximate surface area is 83.6 Å². The fourth-order valence-corrected chi connectivity index (χ4v) is 2.49. The molecule has 0 radical (unpaired) electrons. The second-order valence-electron chi connectivity index (χ2n) is 3.17. The first-order valence-corrected chi connectivity index (χ1v) is 5.86. The molecule has 0 atom stereocenters. The zero-order valence-electron chi connectivity index (χ0n) is 8.04. The summed E-state index contributed by atoms with van der Waals surface area (Å²) in [5.41, 5.74) is 0. The fraction of sp³-hybridized carbons (Fsp3) is 0.889. The predicted molar refractivity (Wildman–Crippen MR) is 55.0 cm³/mol. The van der Waals surface area contributed by atoms with Crippen LogP contribution in [-0.4, -0.2) is 37.2 Å². The van der Waals surface area contributed by atoms with Crippen LogP contribution in [0.5, 0.6) is 0 Å². The van der Waals surface area contributed by atoms with Gasteiger partial charge in [-0.2, -0.15) is 11.8 Å². The van der Waals surface area contributed by atoms with Crippen molar-refractivity contribution < 1.29 is 9.53 Å². The van der Waals surface area contributed by atoms with Crippen LogP contribution >= 0.6 is 11.8 Å². The van der Waals surface area contributed by atoms with E-state index in [-0.39, 0.29) is 5.97 Å². The zero-order chi connectivity index (χ0) is 9.52. The molecule has 1 heterocycles. The van der Waals surface area contributed by atoms with E-state index in [0.717, 1.165) is 6.54 Å². The maximum absolute atomic E-state index is 10.8. The number of thioether (sulfide) groups is 1. The molecular weight excluding hydrogens is 186 g/mol. The number of carbonyl (C=O) groups excluding carboxylic acids is 1. The van der Waals surface area contributed by atoms with Crippen molar-refractivity contribution in [2.75, 3.05) is 25.2 Å². The molecule has 0 bridgehead atoms. The molecule has 0 spiro atoms. The Hall–Kier alpha value is -0.220. The van der Waals surface area contributed by atoms with E-state index >= 15 is 0 Å². The van der Waals surface area contributed by atoms with Gasteiger partial charge in [0.1, 0.15) is 0 Å². The Kier molecular flexibility index (Phi) is 5.23. The molecule has 1 N–H and O–H groups in total. The Morgan fingerprint density at radius 2 is 2.23 bits per heavy atom. The molecule has 0 aromatic rings. The largest absolute Gasteiger partial charge is 0.469 e. The van der Waals surface area contributed by atoms with Gasteiger partial charge in [-0.15, -0.1) is 0 Å². The molecule has 13 heavy (non-hydrogen) atoms. The minimum Gasteiger partial charge on any atom is -0.469 e. The molecule has 0 aromatic heterocycles. The van der Waals surface area contributed by atoms with Crippen LogP contribution in [0.2, 0.25) is 0 Å². The van der Waals surface area contributed by atoms with Gasteiger partial charge >= 0.3 is 5.97 Å². The van der Waals surface area contributed by atoms with Gasteiger partial charge in [0.25, 0.3) is 0 Å². The smallest absolute Gasteiger partial charge is 0.306 e. The lowest BCUT2D eigenvalue weighted by Crippen LogP contribution is -2.34. The number of hydrogen-bond acceptors (Lipinski definition) is 4. The predicted octanol–water partition coefficient (Wildman–Crippen LogP) is 1.03. The van der Waals surface area contributed by atoms with Crippen LogP contribution in [0.3, 0.4) is 0 Å². The summed E-state index contributed by atoms with van der Waals surface area (Å²) in [5, 5.41) is 3.37. The van der Waals surface area contributed by atoms with Crippen LogP contribution in [0, 0.1) is 0 Å². The highest BCUT2D eigenvalue weighted by molar-refractivity contribution is 7.99. The minimum atomic E-state index is -0.127. The average molecular weight is 203 g/mol. The van der Waals surface area contributed by atoms with E-state index in [0.29, 0.717) is 12.5 Å². The molecule has 3 nitrogen and oxygen atoms in total. The number of ether oxygens (including phenoxy) is 1. The summed E-state index contributed by atoms with van der Waals surface area (Å²) in [7, 11) is 1.43. The molecule has 1 saturated heterocycles. The van der Waals surface area contributed by atoms with Crippen molar-refractivity contribution in [1.29, 1.82) is 0 Å². The second kappa shape index (κ2) is 6.27. The molecule has 1 aliphatic heterocycles. The molecule has 4 heteroatoms. The highest BCUT2D eigenvalue weighted by Gasteiger charge is 2.12. The molecule has 1 fully saturated rings. The van der Waals surface area contributed by atoms with Crippen LogP contribution in [-0.2, 0) is 9.53 Å². The summed E-state index contributed by atoms with van der Waals surface area (Å²) in [4.78, 5) is 10.8. The van der Waals surface area contributed by atoms with Crippen LogP contribution in [0.4, 0.5) is 0 Å². The minimum absolute atomic E-state index is 0.127. The molecule has 0 aliphatic carbocycles. The molecule has 0 aromatic carbocycles. The van der Waals surface area contributed by atoms with Gasteiger partial charge in [-0.05, 0) is 24.3 Å². The third-order valence-electron chi connectivity index (χ3n) is 2.21. The van der Waals surface area contributed by atoms with Gasteiger partial charge in [0.2, 0.25) is 0 Å². The van der Waals surface area contributed by atoms with E-state index in [4.69, 9.17) is 0 Å². The lowest BCUT2D eigenvalue weighted by Gasteiger charge is -2.22. The fourth-order valence-electron chi connectivity index (χ4n) is 1.38. The van der Waals surface area contributed by atoms with Crippen LogP contribution in [0.15, 0.2) is 0 Å². The first-order chi connectivity index (χ1) is 6.33. The summed E-state index contributed by atoms with van der Waals surface area (Å²) in [6.45, 7) is 0.752. The summed E-state index contributed by atoms with van der Waals surface area (Å²) < 4.78 is 4.56. The van der Waals surface area contributed by atoms with Crippen molar-refractivity contribution in [3.8, 4) is 0 Å². The standard InChI is InChI=1S/C9H17NO2S/c1-12-9(11)2-5-10-8-3-6-13-7-4-8/h8,10H,2-7H2,1H3. The molecule has 1 rings (SSSR count). The number of carbonyl (C=O) groups is 1. The topological polar surface area (TPSA) is 38.3 Å². The lowest BCUT2D eigenvalue weighted by molar-refractivity contribution is -0.140. The van der Waals surface area contributed by atoms with Crippen LogP contribution in [0.25, 0.3) is 0 Å². The van der Waals surface area contributed by atoms with Crippen molar-refractivity contribution >= 4 is 17.7 Å². The Bertz CT molecular complexity index is 158. The first-order valence-electron chi connectivity index (χ1n) is 4.71. The van der Waals surface area contributed by atoms with E-state index in [1.165, 1.54) is 31.5 Å². The number of methoxy groups -OCH3 is 1. The maximum Gasteiger partial charge on any atom is 0.306 e. The van der Waals surface area contributed by atoms with Gasteiger partial charge < -0.3 is 10.1 Å². The average Bonchev–Trinajstić information content (AvgIpc) is 2.19. The molecule has 76 valence electrons. The molecule has 0 saturated carbocycles. The third-order valence-corrected chi connectivity index (χ3v) is 3.26. The van der Waals surface area contributed by atoms with Crippen molar-refractivity contribution in [2.45, 2.75) is 25.3 Å². The number of esters is 1. The van der Waals surface area contributed by atoms with E-state index in [1.54, 1.807) is 0 Å². The van der Waals surface area contributed by atoms with E-state index in [1.807, 2.05) is 11.8 Å². The third kappa shape index (κ3) is 4.52. The molecule has 0 unspecified atom stereocenters. The van der Waals surface area contributed by atoms with Crippen molar-refractivity contribution in [3.05, 3.63) is 0 Å². The molecular formula is C9H17NO2S. The Balaban J connectivity index is 2.01. The first kappa shape index (κ1) is 10.9.